The molecule has 0 atom stereocenters. The van der Waals surface area contributed by atoms with Crippen molar-refractivity contribution >= 4 is 11.9 Å². The molecule has 0 fully saturated rings. The van der Waals surface area contributed by atoms with Gasteiger partial charge in [0.05, 0.1) is 5.69 Å². The normalized spacial score (nSPS) is 15.6. The molecule has 0 radical (unpaired) electrons. The Labute approximate surface area is 72.5 Å². The van der Waals surface area contributed by atoms with Crippen LogP contribution < -0.4 is 5.01 Å². The van der Waals surface area contributed by atoms with Gasteiger partial charge in [-0.3, -0.25) is 5.01 Å². The minimum Gasteiger partial charge on any atom is -0.265 e. The third-order valence-electron chi connectivity index (χ3n) is 2.12. The van der Waals surface area contributed by atoms with Crippen molar-refractivity contribution in [3.05, 3.63) is 29.8 Å². The van der Waals surface area contributed by atoms with Crippen LogP contribution in [0, 0.1) is 0 Å². The number of benzene rings is 1. The Hall–Kier alpha value is -1.31. The molecule has 0 bridgehead atoms. The number of hydrogen-bond donors (Lipinski definition) is 0. The highest BCUT2D eigenvalue weighted by Gasteiger charge is 2.16. The number of fused-ring (bicyclic) bond motifs is 1. The number of hydrogen-bond acceptors (Lipinski definition) is 2. The van der Waals surface area contributed by atoms with Gasteiger partial charge in [-0.05, 0) is 25.0 Å². The second-order valence-corrected chi connectivity index (χ2v) is 2.88. The van der Waals surface area contributed by atoms with Gasteiger partial charge < -0.3 is 0 Å². The standard InChI is InChI=1S/C10H12N2/c1-2-11-12-8-7-9-5-3-4-6-10(9)12/h2-6H,7-8H2,1H3. The largest absolute Gasteiger partial charge is 0.265 e. The van der Waals surface area contributed by atoms with Crippen LogP contribution in [-0.4, -0.2) is 12.8 Å². The quantitative estimate of drug-likeness (QED) is 0.574. The average Bonchev–Trinajstić information content (AvgIpc) is 2.50. The minimum absolute atomic E-state index is 1.02. The van der Waals surface area contributed by atoms with Gasteiger partial charge in [0.1, 0.15) is 0 Å². The van der Waals surface area contributed by atoms with Crippen molar-refractivity contribution in [2.75, 3.05) is 11.6 Å². The minimum atomic E-state index is 1.02. The van der Waals surface area contributed by atoms with Crippen LogP contribution in [0.4, 0.5) is 5.69 Å². The number of para-hydroxylation sites is 1. The predicted octanol–water partition coefficient (Wildman–Crippen LogP) is 2.05. The van der Waals surface area contributed by atoms with E-state index in [1.54, 1.807) is 0 Å². The molecule has 12 heavy (non-hydrogen) atoms. The third-order valence-corrected chi connectivity index (χ3v) is 2.12. The van der Waals surface area contributed by atoms with Crippen LogP contribution in [0.25, 0.3) is 0 Å². The summed E-state index contributed by atoms with van der Waals surface area (Å²) in [5, 5.41) is 6.32. The molecule has 1 aromatic carbocycles. The van der Waals surface area contributed by atoms with E-state index in [1.807, 2.05) is 13.1 Å². The first-order valence-electron chi connectivity index (χ1n) is 4.26. The Bertz CT molecular complexity index is 304. The summed E-state index contributed by atoms with van der Waals surface area (Å²) in [5.74, 6) is 0. The molecule has 0 amide bonds. The third kappa shape index (κ3) is 1.09. The summed E-state index contributed by atoms with van der Waals surface area (Å²) < 4.78 is 0. The summed E-state index contributed by atoms with van der Waals surface area (Å²) in [6.07, 6.45) is 2.95. The monoisotopic (exact) mass is 160 g/mol. The first kappa shape index (κ1) is 7.35. The predicted molar refractivity (Wildman–Crippen MR) is 51.7 cm³/mol. The number of rotatable bonds is 1. The average molecular weight is 160 g/mol. The van der Waals surface area contributed by atoms with Gasteiger partial charge in [0, 0.05) is 12.8 Å². The molecular formula is C10H12N2. The summed E-state index contributed by atoms with van der Waals surface area (Å²) in [7, 11) is 0. The lowest BCUT2D eigenvalue weighted by molar-refractivity contribution is 0.895. The fourth-order valence-corrected chi connectivity index (χ4v) is 1.58. The van der Waals surface area contributed by atoms with Gasteiger partial charge >= 0.3 is 0 Å². The van der Waals surface area contributed by atoms with Crippen LogP contribution in [0.2, 0.25) is 0 Å². The molecule has 1 aliphatic heterocycles. The molecule has 1 aromatic rings. The Morgan fingerprint density at radius 3 is 3.08 bits per heavy atom. The summed E-state index contributed by atoms with van der Waals surface area (Å²) in [6, 6.07) is 8.43. The fourth-order valence-electron chi connectivity index (χ4n) is 1.58. The Morgan fingerprint density at radius 1 is 1.42 bits per heavy atom. The van der Waals surface area contributed by atoms with Gasteiger partial charge in [0.15, 0.2) is 0 Å². The van der Waals surface area contributed by atoms with Crippen LogP contribution in [0.1, 0.15) is 12.5 Å². The number of hydrazone groups is 1. The first-order chi connectivity index (χ1) is 5.92. The topological polar surface area (TPSA) is 15.6 Å². The van der Waals surface area contributed by atoms with Crippen molar-refractivity contribution in [3.63, 3.8) is 0 Å². The zero-order chi connectivity index (χ0) is 8.39. The van der Waals surface area contributed by atoms with E-state index in [4.69, 9.17) is 0 Å². The zero-order valence-electron chi connectivity index (χ0n) is 7.20. The molecule has 2 rings (SSSR count). The molecule has 2 heteroatoms. The van der Waals surface area contributed by atoms with Crippen LogP contribution >= 0.6 is 0 Å². The van der Waals surface area contributed by atoms with Gasteiger partial charge in [-0.25, -0.2) is 0 Å². The van der Waals surface area contributed by atoms with E-state index in [0.29, 0.717) is 0 Å². The summed E-state index contributed by atoms with van der Waals surface area (Å²) >= 11 is 0. The van der Waals surface area contributed by atoms with E-state index >= 15 is 0 Å². The SMILES string of the molecule is CC=NN1CCc2ccccc21. The van der Waals surface area contributed by atoms with Crippen molar-refractivity contribution in [1.82, 2.24) is 0 Å². The van der Waals surface area contributed by atoms with E-state index in [2.05, 4.69) is 34.4 Å². The molecule has 1 heterocycles. The molecule has 0 N–H and O–H groups in total. The van der Waals surface area contributed by atoms with E-state index in [9.17, 15) is 0 Å². The van der Waals surface area contributed by atoms with Crippen molar-refractivity contribution in [3.8, 4) is 0 Å². The lowest BCUT2D eigenvalue weighted by Gasteiger charge is -2.10. The maximum absolute atomic E-state index is 4.27. The Balaban J connectivity index is 2.36. The highest BCUT2D eigenvalue weighted by molar-refractivity contribution is 5.62. The smallest absolute Gasteiger partial charge is 0.0626 e. The van der Waals surface area contributed by atoms with E-state index in [1.165, 1.54) is 11.3 Å². The summed E-state index contributed by atoms with van der Waals surface area (Å²) in [5.41, 5.74) is 2.67. The fraction of sp³-hybridized carbons (Fsp3) is 0.300. The number of anilines is 1. The second-order valence-electron chi connectivity index (χ2n) is 2.88. The van der Waals surface area contributed by atoms with E-state index in [0.717, 1.165) is 13.0 Å². The first-order valence-corrected chi connectivity index (χ1v) is 4.26. The highest BCUT2D eigenvalue weighted by Crippen LogP contribution is 2.26. The van der Waals surface area contributed by atoms with Crippen LogP contribution in [0.3, 0.4) is 0 Å². The molecule has 0 aliphatic carbocycles. The van der Waals surface area contributed by atoms with Crippen LogP contribution in [-0.2, 0) is 6.42 Å². The number of nitrogens with zero attached hydrogens (tertiary/aromatic N) is 2. The Morgan fingerprint density at radius 2 is 2.25 bits per heavy atom. The lowest BCUT2D eigenvalue weighted by atomic mass is 10.2. The molecule has 0 saturated heterocycles. The maximum Gasteiger partial charge on any atom is 0.0626 e. The molecule has 0 spiro atoms. The summed E-state index contributed by atoms with van der Waals surface area (Å²) in [6.45, 7) is 2.96. The molecular weight excluding hydrogens is 148 g/mol. The van der Waals surface area contributed by atoms with E-state index in [-0.39, 0.29) is 0 Å². The van der Waals surface area contributed by atoms with Gasteiger partial charge in [0.2, 0.25) is 0 Å². The lowest BCUT2D eigenvalue weighted by Crippen LogP contribution is -2.11. The molecule has 2 nitrogen and oxygen atoms in total. The second kappa shape index (κ2) is 2.97. The van der Waals surface area contributed by atoms with Gasteiger partial charge in [-0.15, -0.1) is 0 Å². The van der Waals surface area contributed by atoms with Crippen molar-refractivity contribution in [2.24, 2.45) is 5.10 Å². The highest BCUT2D eigenvalue weighted by atomic mass is 15.5. The van der Waals surface area contributed by atoms with Gasteiger partial charge in [-0.1, -0.05) is 18.2 Å². The zero-order valence-corrected chi connectivity index (χ0v) is 7.20. The maximum atomic E-state index is 4.27. The van der Waals surface area contributed by atoms with Crippen molar-refractivity contribution in [1.29, 1.82) is 0 Å². The van der Waals surface area contributed by atoms with E-state index < -0.39 is 0 Å². The molecule has 1 aliphatic rings. The molecule has 0 unspecified atom stereocenters. The van der Waals surface area contributed by atoms with Crippen LogP contribution in [0.5, 0.6) is 0 Å². The van der Waals surface area contributed by atoms with Gasteiger partial charge in [0.25, 0.3) is 0 Å². The molecule has 62 valence electrons. The van der Waals surface area contributed by atoms with Crippen LogP contribution in [0.15, 0.2) is 29.4 Å². The Kier molecular flexibility index (Phi) is 1.82. The van der Waals surface area contributed by atoms with Gasteiger partial charge in [-0.2, -0.15) is 5.10 Å². The summed E-state index contributed by atoms with van der Waals surface area (Å²) in [4.78, 5) is 0. The van der Waals surface area contributed by atoms with Crippen molar-refractivity contribution in [2.45, 2.75) is 13.3 Å². The molecule has 0 aromatic heterocycles. The van der Waals surface area contributed by atoms with Crippen molar-refractivity contribution < 1.29 is 0 Å². The molecule has 0 saturated carbocycles.